The van der Waals surface area contributed by atoms with Gasteiger partial charge in [0.1, 0.15) is 0 Å². The maximum absolute atomic E-state index is 12.8. The monoisotopic (exact) mass is 330 g/mol. The zero-order valence-electron chi connectivity index (χ0n) is 15.0. The van der Waals surface area contributed by atoms with Gasteiger partial charge >= 0.3 is 5.97 Å². The number of anilines is 1. The first-order chi connectivity index (χ1) is 11.3. The van der Waals surface area contributed by atoms with Crippen molar-refractivity contribution in [3.05, 3.63) is 47.0 Å². The number of aromatic nitrogens is 2. The predicted molar refractivity (Wildman–Crippen MR) is 91.6 cm³/mol. The van der Waals surface area contributed by atoms with Crippen molar-refractivity contribution in [3.63, 3.8) is 0 Å². The summed E-state index contributed by atoms with van der Waals surface area (Å²) < 4.78 is 6.64. The molecule has 0 unspecified atom stereocenters. The summed E-state index contributed by atoms with van der Waals surface area (Å²) in [6.07, 6.45) is 3.76. The number of nitrogens with one attached hydrogen (secondary N) is 1. The molecule has 0 aliphatic rings. The van der Waals surface area contributed by atoms with Crippen molar-refractivity contribution in [2.75, 3.05) is 26.1 Å². The first-order valence-electron chi connectivity index (χ1n) is 7.77. The normalized spacial score (nSPS) is 11.9. The second-order valence-electron chi connectivity index (χ2n) is 6.05. The highest BCUT2D eigenvalue weighted by molar-refractivity contribution is 6.02. The van der Waals surface area contributed by atoms with Crippen LogP contribution in [0.4, 0.5) is 5.69 Å². The summed E-state index contributed by atoms with van der Waals surface area (Å²) in [6, 6.07) is 3.52. The Morgan fingerprint density at radius 1 is 1.21 bits per heavy atom. The lowest BCUT2D eigenvalue weighted by Crippen LogP contribution is -2.42. The minimum atomic E-state index is -0.434. The second kappa shape index (κ2) is 6.86. The second-order valence-corrected chi connectivity index (χ2v) is 6.05. The summed E-state index contributed by atoms with van der Waals surface area (Å²) >= 11 is 0. The lowest BCUT2D eigenvalue weighted by Gasteiger charge is -2.12. The molecule has 1 N–H and O–H groups in total. The van der Waals surface area contributed by atoms with Gasteiger partial charge in [-0.1, -0.05) is 0 Å². The van der Waals surface area contributed by atoms with Crippen LogP contribution in [-0.4, -0.2) is 37.9 Å². The molecule has 2 aromatic heterocycles. The number of pyridine rings is 1. The Morgan fingerprint density at radius 3 is 2.29 bits per heavy atom. The fraction of sp³-hybridized carbons (Fsp3) is 0.389. The maximum atomic E-state index is 12.8. The van der Waals surface area contributed by atoms with Gasteiger partial charge in [-0.3, -0.25) is 4.79 Å². The van der Waals surface area contributed by atoms with E-state index in [-0.39, 0.29) is 11.8 Å². The van der Waals surface area contributed by atoms with E-state index in [0.717, 1.165) is 5.69 Å². The van der Waals surface area contributed by atoms with Gasteiger partial charge in [-0.2, -0.15) is 4.57 Å². The van der Waals surface area contributed by atoms with E-state index in [0.29, 0.717) is 22.5 Å². The third-order valence-electron chi connectivity index (χ3n) is 4.25. The van der Waals surface area contributed by atoms with Crippen molar-refractivity contribution in [2.45, 2.75) is 26.8 Å². The molecule has 2 rings (SSSR count). The van der Waals surface area contributed by atoms with Crippen molar-refractivity contribution in [1.82, 2.24) is 4.98 Å². The van der Waals surface area contributed by atoms with Crippen LogP contribution >= 0.6 is 0 Å². The number of aryl methyl sites for hydroxylation is 1. The SMILES string of the molecule is COC(=O)c1c(C)[nH]c(C(=O)[C@H](C)[n+]2ccc(N(C)C)cc2)c1C. The molecule has 0 aromatic carbocycles. The van der Waals surface area contributed by atoms with Crippen LogP contribution in [0.15, 0.2) is 24.5 Å². The Labute approximate surface area is 142 Å². The molecule has 0 saturated heterocycles. The van der Waals surface area contributed by atoms with Gasteiger partial charge in [-0.25, -0.2) is 4.79 Å². The van der Waals surface area contributed by atoms with E-state index in [2.05, 4.69) is 4.98 Å². The molecule has 2 aromatic rings. The third kappa shape index (κ3) is 3.18. The maximum Gasteiger partial charge on any atom is 0.339 e. The average molecular weight is 330 g/mol. The molecular formula is C18H24N3O3+. The van der Waals surface area contributed by atoms with Crippen molar-refractivity contribution in [1.29, 1.82) is 0 Å². The van der Waals surface area contributed by atoms with Crippen molar-refractivity contribution in [2.24, 2.45) is 0 Å². The highest BCUT2D eigenvalue weighted by atomic mass is 16.5. The molecule has 0 bridgehead atoms. The molecule has 0 aliphatic carbocycles. The number of carbonyl (C=O) groups excluding carboxylic acids is 2. The number of ketones is 1. The van der Waals surface area contributed by atoms with Gasteiger partial charge in [-0.05, 0) is 19.4 Å². The average Bonchev–Trinajstić information content (AvgIpc) is 2.87. The Bertz CT molecular complexity index is 761. The summed E-state index contributed by atoms with van der Waals surface area (Å²) in [5, 5.41) is 0. The van der Waals surface area contributed by atoms with Gasteiger partial charge in [0.05, 0.1) is 18.4 Å². The van der Waals surface area contributed by atoms with Crippen LogP contribution in [0.2, 0.25) is 0 Å². The molecule has 1 atom stereocenters. The van der Waals surface area contributed by atoms with Crippen LogP contribution in [0.5, 0.6) is 0 Å². The molecule has 0 saturated carbocycles. The quantitative estimate of drug-likeness (QED) is 0.519. The molecule has 0 aliphatic heterocycles. The van der Waals surface area contributed by atoms with Gasteiger partial charge < -0.3 is 14.6 Å². The van der Waals surface area contributed by atoms with E-state index >= 15 is 0 Å². The van der Waals surface area contributed by atoms with Crippen molar-refractivity contribution < 1.29 is 18.9 Å². The highest BCUT2D eigenvalue weighted by Crippen LogP contribution is 2.21. The zero-order chi connectivity index (χ0) is 18.0. The largest absolute Gasteiger partial charge is 0.465 e. The van der Waals surface area contributed by atoms with Crippen LogP contribution in [0.1, 0.15) is 45.1 Å². The fourth-order valence-electron chi connectivity index (χ4n) is 2.74. The van der Waals surface area contributed by atoms with E-state index < -0.39 is 5.97 Å². The van der Waals surface area contributed by atoms with Crippen molar-refractivity contribution in [3.8, 4) is 0 Å². The number of aromatic amines is 1. The smallest absolute Gasteiger partial charge is 0.339 e. The van der Waals surface area contributed by atoms with Gasteiger partial charge in [0.2, 0.25) is 11.8 Å². The molecule has 0 spiro atoms. The van der Waals surface area contributed by atoms with E-state index in [9.17, 15) is 9.59 Å². The summed E-state index contributed by atoms with van der Waals surface area (Å²) in [4.78, 5) is 29.7. The number of rotatable bonds is 5. The number of esters is 1. The van der Waals surface area contributed by atoms with Crippen LogP contribution < -0.4 is 9.47 Å². The van der Waals surface area contributed by atoms with E-state index in [1.165, 1.54) is 7.11 Å². The minimum absolute atomic E-state index is 0.0756. The fourth-order valence-corrected chi connectivity index (χ4v) is 2.74. The molecular weight excluding hydrogens is 306 g/mol. The van der Waals surface area contributed by atoms with Gasteiger partial charge in [0.25, 0.3) is 0 Å². The van der Waals surface area contributed by atoms with Crippen LogP contribution in [0.3, 0.4) is 0 Å². The summed E-state index contributed by atoms with van der Waals surface area (Å²) in [6.45, 7) is 5.36. The van der Waals surface area contributed by atoms with Crippen LogP contribution in [0, 0.1) is 13.8 Å². The molecule has 128 valence electrons. The molecule has 24 heavy (non-hydrogen) atoms. The summed E-state index contributed by atoms with van der Waals surface area (Å²) in [5.74, 6) is -0.510. The number of hydrogen-bond acceptors (Lipinski definition) is 4. The van der Waals surface area contributed by atoms with Crippen molar-refractivity contribution >= 4 is 17.4 Å². The number of Topliss-reactive ketones (excluding diaryl/α,β-unsaturated/α-hetero) is 1. The Balaban J connectivity index is 2.33. The first-order valence-corrected chi connectivity index (χ1v) is 7.77. The lowest BCUT2D eigenvalue weighted by atomic mass is 10.0. The Morgan fingerprint density at radius 2 is 1.79 bits per heavy atom. The highest BCUT2D eigenvalue weighted by Gasteiger charge is 2.29. The first kappa shape index (κ1) is 17.7. The molecule has 0 fully saturated rings. The van der Waals surface area contributed by atoms with Gasteiger partial charge in [0, 0.05) is 44.5 Å². The number of methoxy groups -OCH3 is 1. The minimum Gasteiger partial charge on any atom is -0.465 e. The van der Waals surface area contributed by atoms with E-state index in [4.69, 9.17) is 4.74 Å². The number of H-pyrrole nitrogens is 1. The summed E-state index contributed by atoms with van der Waals surface area (Å²) in [5.41, 5.74) is 3.21. The molecule has 6 nitrogen and oxygen atoms in total. The molecule has 0 radical (unpaired) electrons. The topological polar surface area (TPSA) is 66.3 Å². The van der Waals surface area contributed by atoms with E-state index in [1.807, 2.05) is 55.0 Å². The zero-order valence-corrected chi connectivity index (χ0v) is 15.0. The standard InChI is InChI=1S/C18H23N3O3/c1-11-15(18(23)24-6)12(2)19-16(11)17(22)13(3)21-9-7-14(8-10-21)20(4)5/h7-10,13H,1-6H3/p+1/t13-/m0/s1. The lowest BCUT2D eigenvalue weighted by molar-refractivity contribution is -0.704. The number of carbonyl (C=O) groups is 2. The summed E-state index contributed by atoms with van der Waals surface area (Å²) in [7, 11) is 5.27. The van der Waals surface area contributed by atoms with Gasteiger partial charge in [-0.15, -0.1) is 0 Å². The molecule has 6 heteroatoms. The number of hydrogen-bond donors (Lipinski definition) is 1. The predicted octanol–water partition coefficient (Wildman–Crippen LogP) is 2.22. The third-order valence-corrected chi connectivity index (χ3v) is 4.25. The molecule has 0 amide bonds. The molecule has 2 heterocycles. The van der Waals surface area contributed by atoms with Crippen LogP contribution in [0.25, 0.3) is 0 Å². The van der Waals surface area contributed by atoms with E-state index in [1.54, 1.807) is 13.8 Å². The van der Waals surface area contributed by atoms with Gasteiger partial charge in [0.15, 0.2) is 12.4 Å². The Hall–Kier alpha value is -2.63. The Kier molecular flexibility index (Phi) is 5.07. The number of nitrogens with zero attached hydrogens (tertiary/aromatic N) is 2. The number of ether oxygens (including phenoxy) is 1. The van der Waals surface area contributed by atoms with Crippen LogP contribution in [-0.2, 0) is 4.74 Å².